The van der Waals surface area contributed by atoms with E-state index >= 15 is 0 Å². The van der Waals surface area contributed by atoms with Gasteiger partial charge in [-0.15, -0.1) is 0 Å². The van der Waals surface area contributed by atoms with Crippen LogP contribution in [0.2, 0.25) is 0 Å². The number of hydrogen-bond donors (Lipinski definition) is 1. The first-order valence-electron chi connectivity index (χ1n) is 7.77. The molecule has 1 saturated carbocycles. The monoisotopic (exact) mass is 277 g/mol. The maximum absolute atomic E-state index is 5.83. The number of ether oxygens (including phenoxy) is 1. The molecule has 4 heteroatoms. The molecular formula is C16H27N3O. The molecule has 0 bridgehead atoms. The summed E-state index contributed by atoms with van der Waals surface area (Å²) in [7, 11) is 1.79. The molecule has 0 amide bonds. The largest absolute Gasteiger partial charge is 0.370 e. The second-order valence-corrected chi connectivity index (χ2v) is 6.10. The van der Waals surface area contributed by atoms with Crippen molar-refractivity contribution in [3.63, 3.8) is 0 Å². The number of methoxy groups -OCH3 is 1. The smallest absolute Gasteiger partial charge is 0.162 e. The second-order valence-electron chi connectivity index (χ2n) is 6.10. The molecule has 0 aliphatic heterocycles. The molecule has 1 fully saturated rings. The lowest BCUT2D eigenvalue weighted by Crippen LogP contribution is -2.28. The van der Waals surface area contributed by atoms with E-state index in [4.69, 9.17) is 14.7 Å². The first kappa shape index (κ1) is 15.2. The molecule has 0 spiro atoms. The van der Waals surface area contributed by atoms with Crippen molar-refractivity contribution in [1.82, 2.24) is 9.97 Å². The van der Waals surface area contributed by atoms with Gasteiger partial charge in [-0.1, -0.05) is 13.8 Å². The predicted octanol–water partition coefficient (Wildman–Crippen LogP) is 3.52. The van der Waals surface area contributed by atoms with Crippen molar-refractivity contribution in [2.75, 3.05) is 19.0 Å². The average molecular weight is 277 g/mol. The molecule has 4 nitrogen and oxygen atoms in total. The van der Waals surface area contributed by atoms with Gasteiger partial charge in [0.2, 0.25) is 0 Å². The number of rotatable bonds is 6. The molecule has 0 radical (unpaired) electrons. The maximum Gasteiger partial charge on any atom is 0.162 e. The van der Waals surface area contributed by atoms with Crippen molar-refractivity contribution in [3.8, 4) is 0 Å². The van der Waals surface area contributed by atoms with Crippen LogP contribution in [0.1, 0.15) is 58.0 Å². The zero-order valence-electron chi connectivity index (χ0n) is 13.2. The first-order chi connectivity index (χ1) is 9.59. The Kier molecular flexibility index (Phi) is 4.97. The molecule has 1 aliphatic carbocycles. The molecule has 0 saturated heterocycles. The highest BCUT2D eigenvalue weighted by Crippen LogP contribution is 2.40. The molecule has 20 heavy (non-hydrogen) atoms. The summed E-state index contributed by atoms with van der Waals surface area (Å²) in [5.41, 5.74) is 0.848. The third-order valence-corrected chi connectivity index (χ3v) is 3.96. The van der Waals surface area contributed by atoms with E-state index in [0.29, 0.717) is 5.92 Å². The minimum atomic E-state index is -0.267. The van der Waals surface area contributed by atoms with Crippen molar-refractivity contribution in [1.29, 1.82) is 0 Å². The van der Waals surface area contributed by atoms with Crippen LogP contribution in [0, 0.1) is 5.92 Å². The molecule has 0 unspecified atom stereocenters. The quantitative estimate of drug-likeness (QED) is 0.864. The van der Waals surface area contributed by atoms with Crippen LogP contribution in [0.25, 0.3) is 0 Å². The highest BCUT2D eigenvalue weighted by molar-refractivity contribution is 5.37. The molecule has 1 N–H and O–H groups in total. The van der Waals surface area contributed by atoms with Crippen LogP contribution in [-0.4, -0.2) is 23.6 Å². The van der Waals surface area contributed by atoms with E-state index in [1.165, 1.54) is 12.8 Å². The van der Waals surface area contributed by atoms with Crippen LogP contribution in [0.5, 0.6) is 0 Å². The Morgan fingerprint density at radius 1 is 1.30 bits per heavy atom. The minimum absolute atomic E-state index is 0.267. The maximum atomic E-state index is 5.83. The van der Waals surface area contributed by atoms with Crippen molar-refractivity contribution < 1.29 is 4.74 Å². The SMILES string of the molecule is CCNc1cc(CC(C)C)nc(C2(OC)CCCC2)n1. The molecule has 1 aromatic rings. The van der Waals surface area contributed by atoms with Gasteiger partial charge in [-0.2, -0.15) is 0 Å². The average Bonchev–Trinajstić information content (AvgIpc) is 2.88. The molecule has 112 valence electrons. The zero-order chi connectivity index (χ0) is 14.6. The molecule has 1 aliphatic rings. The lowest BCUT2D eigenvalue weighted by molar-refractivity contribution is -0.0163. The van der Waals surface area contributed by atoms with E-state index in [1.807, 2.05) is 0 Å². The van der Waals surface area contributed by atoms with Crippen LogP contribution in [0.3, 0.4) is 0 Å². The van der Waals surface area contributed by atoms with Crippen LogP contribution >= 0.6 is 0 Å². The van der Waals surface area contributed by atoms with Gasteiger partial charge in [0, 0.05) is 25.4 Å². The molecule has 1 heterocycles. The highest BCUT2D eigenvalue weighted by atomic mass is 16.5. The summed E-state index contributed by atoms with van der Waals surface area (Å²) < 4.78 is 5.83. The van der Waals surface area contributed by atoms with Gasteiger partial charge in [0.25, 0.3) is 0 Å². The van der Waals surface area contributed by atoms with E-state index in [0.717, 1.165) is 43.1 Å². The Hall–Kier alpha value is -1.16. The molecule has 0 aromatic carbocycles. The van der Waals surface area contributed by atoms with E-state index in [2.05, 4.69) is 32.2 Å². The van der Waals surface area contributed by atoms with Crippen LogP contribution in [-0.2, 0) is 16.8 Å². The number of anilines is 1. The lowest BCUT2D eigenvalue weighted by Gasteiger charge is -2.26. The minimum Gasteiger partial charge on any atom is -0.370 e. The Balaban J connectivity index is 2.37. The Bertz CT molecular complexity index is 439. The summed E-state index contributed by atoms with van der Waals surface area (Å²) in [5, 5.41) is 3.32. The van der Waals surface area contributed by atoms with Crippen molar-refractivity contribution in [2.45, 2.75) is 58.5 Å². The summed E-state index contributed by atoms with van der Waals surface area (Å²) in [6, 6.07) is 2.07. The Morgan fingerprint density at radius 2 is 2.00 bits per heavy atom. The zero-order valence-corrected chi connectivity index (χ0v) is 13.2. The summed E-state index contributed by atoms with van der Waals surface area (Å²) in [6.45, 7) is 7.40. The van der Waals surface area contributed by atoms with Gasteiger partial charge >= 0.3 is 0 Å². The van der Waals surface area contributed by atoms with Crippen LogP contribution < -0.4 is 5.32 Å². The Labute approximate surface area is 122 Å². The van der Waals surface area contributed by atoms with Gasteiger partial charge in [0.1, 0.15) is 11.4 Å². The number of nitrogens with one attached hydrogen (secondary N) is 1. The van der Waals surface area contributed by atoms with E-state index in [9.17, 15) is 0 Å². The van der Waals surface area contributed by atoms with Crippen molar-refractivity contribution >= 4 is 5.82 Å². The highest BCUT2D eigenvalue weighted by Gasteiger charge is 2.38. The predicted molar refractivity (Wildman–Crippen MR) is 81.9 cm³/mol. The molecule has 0 atom stereocenters. The third-order valence-electron chi connectivity index (χ3n) is 3.96. The van der Waals surface area contributed by atoms with Crippen LogP contribution in [0.4, 0.5) is 5.82 Å². The fourth-order valence-electron chi connectivity index (χ4n) is 2.96. The van der Waals surface area contributed by atoms with Gasteiger partial charge in [-0.3, -0.25) is 0 Å². The van der Waals surface area contributed by atoms with Gasteiger partial charge in [-0.25, -0.2) is 9.97 Å². The van der Waals surface area contributed by atoms with E-state index < -0.39 is 0 Å². The molecular weight excluding hydrogens is 250 g/mol. The van der Waals surface area contributed by atoms with Gasteiger partial charge < -0.3 is 10.1 Å². The number of nitrogens with zero attached hydrogens (tertiary/aromatic N) is 2. The molecule has 1 aromatic heterocycles. The first-order valence-corrected chi connectivity index (χ1v) is 7.77. The van der Waals surface area contributed by atoms with Crippen molar-refractivity contribution in [3.05, 3.63) is 17.6 Å². The van der Waals surface area contributed by atoms with E-state index in [-0.39, 0.29) is 5.60 Å². The Morgan fingerprint density at radius 3 is 2.55 bits per heavy atom. The number of hydrogen-bond acceptors (Lipinski definition) is 4. The van der Waals surface area contributed by atoms with E-state index in [1.54, 1.807) is 7.11 Å². The standard InChI is InChI=1S/C16H27N3O/c1-5-17-14-11-13(10-12(2)3)18-15(19-14)16(20-4)8-6-7-9-16/h11-12H,5-10H2,1-4H3,(H,17,18,19). The molecule has 2 rings (SSSR count). The lowest BCUT2D eigenvalue weighted by atomic mass is 10.00. The van der Waals surface area contributed by atoms with Gasteiger partial charge in [0.15, 0.2) is 5.82 Å². The second kappa shape index (κ2) is 6.53. The fourth-order valence-corrected chi connectivity index (χ4v) is 2.96. The summed E-state index contributed by atoms with van der Waals surface area (Å²) >= 11 is 0. The third kappa shape index (κ3) is 3.29. The van der Waals surface area contributed by atoms with Gasteiger partial charge in [0.05, 0.1) is 0 Å². The van der Waals surface area contributed by atoms with Crippen molar-refractivity contribution in [2.24, 2.45) is 5.92 Å². The summed E-state index contributed by atoms with van der Waals surface area (Å²) in [5.74, 6) is 2.39. The summed E-state index contributed by atoms with van der Waals surface area (Å²) in [4.78, 5) is 9.51. The fraction of sp³-hybridized carbons (Fsp3) is 0.750. The van der Waals surface area contributed by atoms with Crippen LogP contribution in [0.15, 0.2) is 6.07 Å². The topological polar surface area (TPSA) is 47.0 Å². The normalized spacial score (nSPS) is 17.6. The van der Waals surface area contributed by atoms with Gasteiger partial charge in [-0.05, 0) is 44.9 Å². The number of aromatic nitrogens is 2. The summed E-state index contributed by atoms with van der Waals surface area (Å²) in [6.07, 6.45) is 5.43.